The summed E-state index contributed by atoms with van der Waals surface area (Å²) in [5.74, 6) is 0.533. The SMILES string of the molecule is CC(C)C[C@@H](NC(=O)C1CC(=O)N(c2ccc3c(c2)OCO3)C1)C(=O)NC1CCCCC1. The topological polar surface area (TPSA) is 97.0 Å². The lowest BCUT2D eigenvalue weighted by Crippen LogP contribution is -2.51. The third-order valence-electron chi connectivity index (χ3n) is 6.46. The Kier molecular flexibility index (Phi) is 6.86. The molecular formula is C24H33N3O5. The second kappa shape index (κ2) is 9.79. The summed E-state index contributed by atoms with van der Waals surface area (Å²) in [6.45, 7) is 4.52. The van der Waals surface area contributed by atoms with E-state index in [0.717, 1.165) is 25.7 Å². The number of ether oxygens (including phenoxy) is 2. The number of anilines is 1. The summed E-state index contributed by atoms with van der Waals surface area (Å²) in [6.07, 6.45) is 6.16. The Hall–Kier alpha value is -2.77. The average Bonchev–Trinajstić information content (AvgIpc) is 3.39. The molecule has 1 saturated heterocycles. The van der Waals surface area contributed by atoms with E-state index in [1.165, 1.54) is 6.42 Å². The highest BCUT2D eigenvalue weighted by atomic mass is 16.7. The van der Waals surface area contributed by atoms with Gasteiger partial charge in [0.1, 0.15) is 6.04 Å². The monoisotopic (exact) mass is 443 g/mol. The number of fused-ring (bicyclic) bond motifs is 1. The lowest BCUT2D eigenvalue weighted by atomic mass is 9.94. The second-order valence-electron chi connectivity index (χ2n) is 9.48. The highest BCUT2D eigenvalue weighted by Gasteiger charge is 2.37. The van der Waals surface area contributed by atoms with Crippen molar-refractivity contribution < 1.29 is 23.9 Å². The standard InChI is InChI=1S/C24H33N3O5/c1-15(2)10-19(24(30)25-17-6-4-3-5-7-17)26-23(29)16-11-22(28)27(13-16)18-8-9-20-21(12-18)32-14-31-20/h8-9,12,15-17,19H,3-7,10-11,13-14H2,1-2H3,(H,25,30)(H,26,29)/t16?,19-/m1/s1. The van der Waals surface area contributed by atoms with Crippen molar-refractivity contribution in [2.45, 2.75) is 70.9 Å². The van der Waals surface area contributed by atoms with E-state index in [0.29, 0.717) is 23.6 Å². The van der Waals surface area contributed by atoms with Crippen molar-refractivity contribution in [1.29, 1.82) is 0 Å². The first-order valence-electron chi connectivity index (χ1n) is 11.7. The van der Waals surface area contributed by atoms with Crippen molar-refractivity contribution in [3.8, 4) is 11.5 Å². The largest absolute Gasteiger partial charge is 0.454 e. The predicted octanol–water partition coefficient (Wildman–Crippen LogP) is 2.75. The van der Waals surface area contributed by atoms with E-state index in [9.17, 15) is 14.4 Å². The maximum absolute atomic E-state index is 13.0. The molecule has 0 radical (unpaired) electrons. The molecule has 3 amide bonds. The summed E-state index contributed by atoms with van der Waals surface area (Å²) in [4.78, 5) is 40.2. The molecule has 2 fully saturated rings. The van der Waals surface area contributed by atoms with Crippen LogP contribution in [0.5, 0.6) is 11.5 Å². The Bertz CT molecular complexity index is 865. The summed E-state index contributed by atoms with van der Waals surface area (Å²) in [5, 5.41) is 6.07. The maximum Gasteiger partial charge on any atom is 0.242 e. The molecule has 2 N–H and O–H groups in total. The van der Waals surface area contributed by atoms with Crippen molar-refractivity contribution in [1.82, 2.24) is 10.6 Å². The zero-order chi connectivity index (χ0) is 22.7. The fourth-order valence-electron chi connectivity index (χ4n) is 4.73. The van der Waals surface area contributed by atoms with Gasteiger partial charge < -0.3 is 25.0 Å². The number of amides is 3. The van der Waals surface area contributed by atoms with E-state index in [4.69, 9.17) is 9.47 Å². The van der Waals surface area contributed by atoms with Gasteiger partial charge in [0.25, 0.3) is 0 Å². The molecule has 0 spiro atoms. The van der Waals surface area contributed by atoms with Gasteiger partial charge in [0.05, 0.1) is 5.92 Å². The lowest BCUT2D eigenvalue weighted by Gasteiger charge is -2.27. The number of carbonyl (C=O) groups excluding carboxylic acids is 3. The molecule has 2 heterocycles. The zero-order valence-corrected chi connectivity index (χ0v) is 18.9. The van der Waals surface area contributed by atoms with Crippen molar-refractivity contribution in [2.75, 3.05) is 18.2 Å². The molecule has 1 aromatic rings. The Morgan fingerprint density at radius 1 is 1.12 bits per heavy atom. The highest BCUT2D eigenvalue weighted by Crippen LogP contribution is 2.37. The second-order valence-corrected chi connectivity index (χ2v) is 9.48. The number of benzene rings is 1. The van der Waals surface area contributed by atoms with Gasteiger partial charge in [-0.15, -0.1) is 0 Å². The highest BCUT2D eigenvalue weighted by molar-refractivity contribution is 6.01. The molecule has 0 bridgehead atoms. The summed E-state index contributed by atoms with van der Waals surface area (Å²) in [5.41, 5.74) is 0.684. The Balaban J connectivity index is 1.38. The van der Waals surface area contributed by atoms with Crippen molar-refractivity contribution in [3.63, 3.8) is 0 Å². The summed E-state index contributed by atoms with van der Waals surface area (Å²) in [6, 6.07) is 4.94. The zero-order valence-electron chi connectivity index (χ0n) is 18.9. The van der Waals surface area contributed by atoms with Crippen LogP contribution < -0.4 is 25.0 Å². The number of rotatable bonds is 7. The molecule has 1 unspecified atom stereocenters. The van der Waals surface area contributed by atoms with Crippen LogP contribution in [0.25, 0.3) is 0 Å². The summed E-state index contributed by atoms with van der Waals surface area (Å²) in [7, 11) is 0. The summed E-state index contributed by atoms with van der Waals surface area (Å²) >= 11 is 0. The van der Waals surface area contributed by atoms with Crippen molar-refractivity contribution >= 4 is 23.4 Å². The maximum atomic E-state index is 13.0. The van der Waals surface area contributed by atoms with E-state index in [1.807, 2.05) is 13.8 Å². The molecular weight excluding hydrogens is 410 g/mol. The van der Waals surface area contributed by atoms with Crippen LogP contribution in [0, 0.1) is 11.8 Å². The Morgan fingerprint density at radius 2 is 1.88 bits per heavy atom. The molecule has 2 aliphatic heterocycles. The van der Waals surface area contributed by atoms with Crippen LogP contribution in [-0.4, -0.2) is 43.1 Å². The van der Waals surface area contributed by atoms with E-state index < -0.39 is 12.0 Å². The van der Waals surface area contributed by atoms with Gasteiger partial charge in [-0.05, 0) is 37.3 Å². The number of carbonyl (C=O) groups is 3. The van der Waals surface area contributed by atoms with Gasteiger partial charge in [-0.25, -0.2) is 0 Å². The van der Waals surface area contributed by atoms with Crippen LogP contribution in [0.4, 0.5) is 5.69 Å². The van der Waals surface area contributed by atoms with Gasteiger partial charge in [-0.3, -0.25) is 14.4 Å². The van der Waals surface area contributed by atoms with E-state index in [2.05, 4.69) is 10.6 Å². The number of nitrogens with one attached hydrogen (secondary N) is 2. The predicted molar refractivity (Wildman–Crippen MR) is 119 cm³/mol. The molecule has 1 aliphatic carbocycles. The number of hydrogen-bond acceptors (Lipinski definition) is 5. The first kappa shape index (κ1) is 22.4. The summed E-state index contributed by atoms with van der Waals surface area (Å²) < 4.78 is 10.7. The van der Waals surface area contributed by atoms with Crippen molar-refractivity contribution in [3.05, 3.63) is 18.2 Å². The van der Waals surface area contributed by atoms with Gasteiger partial charge in [0.2, 0.25) is 24.5 Å². The van der Waals surface area contributed by atoms with Gasteiger partial charge in [0.15, 0.2) is 11.5 Å². The molecule has 1 aromatic carbocycles. The van der Waals surface area contributed by atoms with Crippen LogP contribution in [-0.2, 0) is 14.4 Å². The fraction of sp³-hybridized carbons (Fsp3) is 0.625. The molecule has 8 nitrogen and oxygen atoms in total. The van der Waals surface area contributed by atoms with Crippen LogP contribution in [0.1, 0.15) is 58.8 Å². The molecule has 32 heavy (non-hydrogen) atoms. The molecule has 174 valence electrons. The lowest BCUT2D eigenvalue weighted by molar-refractivity contribution is -0.132. The Morgan fingerprint density at radius 3 is 2.62 bits per heavy atom. The minimum Gasteiger partial charge on any atom is -0.454 e. The van der Waals surface area contributed by atoms with Gasteiger partial charge in [-0.1, -0.05) is 33.1 Å². The molecule has 0 aromatic heterocycles. The molecule has 1 saturated carbocycles. The minimum absolute atomic E-state index is 0.115. The normalized spacial score (nSPS) is 21.7. The molecule has 2 atom stereocenters. The van der Waals surface area contributed by atoms with Crippen LogP contribution in [0.2, 0.25) is 0 Å². The molecule has 4 rings (SSSR count). The van der Waals surface area contributed by atoms with Crippen LogP contribution in [0.3, 0.4) is 0 Å². The molecule has 8 heteroatoms. The first-order chi connectivity index (χ1) is 15.4. The number of nitrogens with zero attached hydrogens (tertiary/aromatic N) is 1. The van der Waals surface area contributed by atoms with E-state index in [-0.39, 0.29) is 49.4 Å². The van der Waals surface area contributed by atoms with Crippen LogP contribution in [0.15, 0.2) is 18.2 Å². The minimum atomic E-state index is -0.584. The average molecular weight is 444 g/mol. The van der Waals surface area contributed by atoms with E-state index >= 15 is 0 Å². The van der Waals surface area contributed by atoms with Gasteiger partial charge >= 0.3 is 0 Å². The van der Waals surface area contributed by atoms with Crippen molar-refractivity contribution in [2.24, 2.45) is 11.8 Å². The quantitative estimate of drug-likeness (QED) is 0.675. The van der Waals surface area contributed by atoms with Gasteiger partial charge in [-0.2, -0.15) is 0 Å². The Labute approximate surface area is 189 Å². The van der Waals surface area contributed by atoms with Gasteiger partial charge in [0, 0.05) is 30.8 Å². The molecule has 3 aliphatic rings. The van der Waals surface area contributed by atoms with E-state index in [1.54, 1.807) is 23.1 Å². The van der Waals surface area contributed by atoms with Crippen LogP contribution >= 0.6 is 0 Å². The third kappa shape index (κ3) is 5.16. The fourth-order valence-corrected chi connectivity index (χ4v) is 4.73. The third-order valence-corrected chi connectivity index (χ3v) is 6.46. The number of hydrogen-bond donors (Lipinski definition) is 2. The first-order valence-corrected chi connectivity index (χ1v) is 11.7. The smallest absolute Gasteiger partial charge is 0.242 e.